The summed E-state index contributed by atoms with van der Waals surface area (Å²) in [5.41, 5.74) is 4.44. The van der Waals surface area contributed by atoms with Crippen molar-refractivity contribution in [1.29, 1.82) is 0 Å². The van der Waals surface area contributed by atoms with Crippen LogP contribution in [-0.4, -0.2) is 14.3 Å². The summed E-state index contributed by atoms with van der Waals surface area (Å²) in [7, 11) is -3.68. The van der Waals surface area contributed by atoms with Gasteiger partial charge in [0.25, 0.3) is 0 Å². The molecule has 0 bridgehead atoms. The summed E-state index contributed by atoms with van der Waals surface area (Å²) in [6, 6.07) is 12.4. The lowest BCUT2D eigenvalue weighted by atomic mass is 10.1. The van der Waals surface area contributed by atoms with E-state index >= 15 is 0 Å². The Morgan fingerprint density at radius 3 is 2.46 bits per heavy atom. The van der Waals surface area contributed by atoms with E-state index in [1.807, 2.05) is 6.07 Å². The molecule has 0 aromatic heterocycles. The Morgan fingerprint density at radius 2 is 1.75 bits per heavy atom. The minimum absolute atomic E-state index is 0.0523. The highest BCUT2D eigenvalue weighted by Gasteiger charge is 2.12. The Balaban J connectivity index is 1.56. The zero-order chi connectivity index (χ0) is 17.2. The Bertz CT molecular complexity index is 858. The average molecular weight is 344 g/mol. The molecule has 5 nitrogen and oxygen atoms in total. The molecule has 24 heavy (non-hydrogen) atoms. The van der Waals surface area contributed by atoms with E-state index in [0.717, 1.165) is 24.1 Å². The third kappa shape index (κ3) is 4.01. The van der Waals surface area contributed by atoms with Crippen molar-refractivity contribution in [3.05, 3.63) is 59.2 Å². The van der Waals surface area contributed by atoms with Crippen molar-refractivity contribution in [2.45, 2.75) is 37.0 Å². The van der Waals surface area contributed by atoms with Crippen molar-refractivity contribution in [1.82, 2.24) is 0 Å². The molecule has 0 aliphatic heterocycles. The maximum Gasteiger partial charge on any atom is 0.238 e. The van der Waals surface area contributed by atoms with E-state index in [2.05, 4.69) is 17.4 Å². The highest BCUT2D eigenvalue weighted by Crippen LogP contribution is 2.25. The number of fused-ring (bicyclic) bond motifs is 1. The molecule has 0 saturated heterocycles. The number of nitrogens with one attached hydrogen (secondary N) is 1. The van der Waals surface area contributed by atoms with Gasteiger partial charge in [-0.2, -0.15) is 0 Å². The van der Waals surface area contributed by atoms with Gasteiger partial charge in [0.2, 0.25) is 15.9 Å². The van der Waals surface area contributed by atoms with E-state index in [0.29, 0.717) is 12.8 Å². The van der Waals surface area contributed by atoms with Crippen LogP contribution in [0.5, 0.6) is 0 Å². The van der Waals surface area contributed by atoms with Gasteiger partial charge in [-0.3, -0.25) is 4.79 Å². The highest BCUT2D eigenvalue weighted by atomic mass is 32.2. The van der Waals surface area contributed by atoms with Gasteiger partial charge in [-0.25, -0.2) is 13.6 Å². The molecule has 1 aliphatic carbocycles. The Kier molecular flexibility index (Phi) is 4.69. The van der Waals surface area contributed by atoms with E-state index in [-0.39, 0.29) is 10.8 Å². The summed E-state index contributed by atoms with van der Waals surface area (Å²) in [5, 5.41) is 7.98. The molecule has 3 N–H and O–H groups in total. The Labute approximate surface area is 141 Å². The monoisotopic (exact) mass is 344 g/mol. The summed E-state index contributed by atoms with van der Waals surface area (Å²) < 4.78 is 22.4. The van der Waals surface area contributed by atoms with Crippen LogP contribution in [-0.2, 0) is 34.1 Å². The molecule has 6 heteroatoms. The van der Waals surface area contributed by atoms with E-state index < -0.39 is 10.0 Å². The first-order chi connectivity index (χ1) is 11.4. The molecule has 126 valence electrons. The van der Waals surface area contributed by atoms with Crippen molar-refractivity contribution in [3.63, 3.8) is 0 Å². The van der Waals surface area contributed by atoms with Gasteiger partial charge in [-0.1, -0.05) is 18.2 Å². The van der Waals surface area contributed by atoms with Gasteiger partial charge in [-0.05, 0) is 66.6 Å². The van der Waals surface area contributed by atoms with E-state index in [1.54, 1.807) is 12.1 Å². The van der Waals surface area contributed by atoms with Gasteiger partial charge in [0.1, 0.15) is 0 Å². The lowest BCUT2D eigenvalue weighted by Crippen LogP contribution is -2.13. The fourth-order valence-electron chi connectivity index (χ4n) is 2.98. The first kappa shape index (κ1) is 16.7. The molecule has 0 heterocycles. The number of nitrogens with two attached hydrogens (primary N) is 1. The lowest BCUT2D eigenvalue weighted by molar-refractivity contribution is -0.116. The van der Waals surface area contributed by atoms with Crippen molar-refractivity contribution >= 4 is 21.6 Å². The number of sulfonamides is 1. The highest BCUT2D eigenvalue weighted by molar-refractivity contribution is 7.89. The van der Waals surface area contributed by atoms with E-state index in [4.69, 9.17) is 5.14 Å². The number of carbonyl (C=O) groups excluding carboxylic acids is 1. The number of carbonyl (C=O) groups is 1. The minimum Gasteiger partial charge on any atom is -0.326 e. The van der Waals surface area contributed by atoms with Gasteiger partial charge in [0, 0.05) is 12.1 Å². The fourth-order valence-corrected chi connectivity index (χ4v) is 3.49. The molecule has 1 aliphatic rings. The molecule has 0 atom stereocenters. The number of primary sulfonamides is 1. The van der Waals surface area contributed by atoms with Gasteiger partial charge in [0.05, 0.1) is 4.90 Å². The third-order valence-corrected chi connectivity index (χ3v) is 5.20. The van der Waals surface area contributed by atoms with Crippen LogP contribution >= 0.6 is 0 Å². The quantitative estimate of drug-likeness (QED) is 0.873. The van der Waals surface area contributed by atoms with Crippen LogP contribution in [0.3, 0.4) is 0 Å². The molecular weight excluding hydrogens is 324 g/mol. The van der Waals surface area contributed by atoms with Crippen LogP contribution < -0.4 is 10.5 Å². The van der Waals surface area contributed by atoms with Crippen LogP contribution in [0.4, 0.5) is 5.69 Å². The molecule has 1 amide bonds. The first-order valence-electron chi connectivity index (χ1n) is 7.95. The summed E-state index contributed by atoms with van der Waals surface area (Å²) >= 11 is 0. The van der Waals surface area contributed by atoms with Crippen LogP contribution in [0.25, 0.3) is 0 Å². The topological polar surface area (TPSA) is 89.3 Å². The van der Waals surface area contributed by atoms with Crippen LogP contribution in [0.1, 0.15) is 29.5 Å². The number of rotatable bonds is 5. The Hall–Kier alpha value is -2.18. The lowest BCUT2D eigenvalue weighted by Gasteiger charge is -2.08. The maximum absolute atomic E-state index is 12.1. The smallest absolute Gasteiger partial charge is 0.238 e. The van der Waals surface area contributed by atoms with E-state index in [1.165, 1.54) is 29.7 Å². The molecule has 0 fully saturated rings. The number of amides is 1. The number of benzene rings is 2. The van der Waals surface area contributed by atoms with Crippen molar-refractivity contribution in [2.24, 2.45) is 5.14 Å². The molecule has 0 unspecified atom stereocenters. The predicted molar refractivity (Wildman–Crippen MR) is 93.2 cm³/mol. The number of hydrogen-bond donors (Lipinski definition) is 2. The van der Waals surface area contributed by atoms with Crippen LogP contribution in [0, 0.1) is 0 Å². The average Bonchev–Trinajstić information content (AvgIpc) is 3.00. The maximum atomic E-state index is 12.1. The fraction of sp³-hybridized carbons (Fsp3) is 0.278. The van der Waals surface area contributed by atoms with Gasteiger partial charge >= 0.3 is 0 Å². The molecule has 2 aromatic carbocycles. The summed E-state index contributed by atoms with van der Waals surface area (Å²) in [6.45, 7) is 0. The summed E-state index contributed by atoms with van der Waals surface area (Å²) in [4.78, 5) is 12.2. The van der Waals surface area contributed by atoms with Gasteiger partial charge < -0.3 is 5.32 Å². The Morgan fingerprint density at radius 1 is 1.04 bits per heavy atom. The van der Waals surface area contributed by atoms with E-state index in [9.17, 15) is 13.2 Å². The zero-order valence-corrected chi connectivity index (χ0v) is 14.1. The SMILES string of the molecule is NS(=O)(=O)c1ccc(CCC(=O)Nc2ccc3c(c2)CCC3)cc1. The second-order valence-corrected chi connectivity index (χ2v) is 7.64. The number of aryl methyl sites for hydroxylation is 3. The number of hydrogen-bond acceptors (Lipinski definition) is 3. The third-order valence-electron chi connectivity index (χ3n) is 4.27. The molecule has 2 aromatic rings. The second-order valence-electron chi connectivity index (χ2n) is 6.07. The predicted octanol–water partition coefficient (Wildman–Crippen LogP) is 2.39. The van der Waals surface area contributed by atoms with Crippen molar-refractivity contribution in [2.75, 3.05) is 5.32 Å². The normalized spacial score (nSPS) is 13.5. The molecule has 0 spiro atoms. The van der Waals surface area contributed by atoms with Crippen molar-refractivity contribution in [3.8, 4) is 0 Å². The standard InChI is InChI=1S/C18H20N2O3S/c19-24(22,23)17-9-4-13(5-10-17)6-11-18(21)20-16-8-7-14-2-1-3-15(14)12-16/h4-5,7-10,12H,1-3,6,11H2,(H,20,21)(H2,19,22,23). The number of anilines is 1. The summed E-state index contributed by atoms with van der Waals surface area (Å²) in [6.07, 6.45) is 4.27. The first-order valence-corrected chi connectivity index (χ1v) is 9.50. The molecular formula is C18H20N2O3S. The zero-order valence-electron chi connectivity index (χ0n) is 13.3. The minimum atomic E-state index is -3.68. The van der Waals surface area contributed by atoms with Crippen LogP contribution in [0.2, 0.25) is 0 Å². The van der Waals surface area contributed by atoms with Gasteiger partial charge in [-0.15, -0.1) is 0 Å². The largest absolute Gasteiger partial charge is 0.326 e. The molecule has 0 radical (unpaired) electrons. The summed E-state index contributed by atoms with van der Waals surface area (Å²) in [5.74, 6) is -0.0523. The second kappa shape index (κ2) is 6.75. The molecule has 3 rings (SSSR count). The van der Waals surface area contributed by atoms with Crippen molar-refractivity contribution < 1.29 is 13.2 Å². The van der Waals surface area contributed by atoms with Crippen LogP contribution in [0.15, 0.2) is 47.4 Å². The van der Waals surface area contributed by atoms with Gasteiger partial charge in [0.15, 0.2) is 0 Å². The molecule has 0 saturated carbocycles.